The number of methoxy groups -OCH3 is 1. The molecule has 2 aromatic carbocycles. The molecule has 1 aliphatic heterocycles. The van der Waals surface area contributed by atoms with Gasteiger partial charge in [-0.05, 0) is 23.3 Å². The molecule has 6 nitrogen and oxygen atoms in total. The van der Waals surface area contributed by atoms with E-state index in [1.54, 1.807) is 12.0 Å². The van der Waals surface area contributed by atoms with Gasteiger partial charge < -0.3 is 14.5 Å². The van der Waals surface area contributed by atoms with Gasteiger partial charge in [0, 0.05) is 38.0 Å². The Balaban J connectivity index is 1.30. The van der Waals surface area contributed by atoms with Crippen molar-refractivity contribution < 1.29 is 14.3 Å². The topological polar surface area (TPSA) is 62.7 Å². The van der Waals surface area contributed by atoms with Crippen LogP contribution in [0.5, 0.6) is 5.75 Å². The number of carbonyl (C=O) groups excluding carboxylic acids is 2. The first-order chi connectivity index (χ1) is 15.1. The maximum absolute atomic E-state index is 12.9. The Morgan fingerprint density at radius 2 is 1.68 bits per heavy atom. The number of thiazole rings is 1. The Hall–Kier alpha value is -3.19. The van der Waals surface area contributed by atoms with Gasteiger partial charge in [-0.15, -0.1) is 11.3 Å². The number of amides is 2. The molecule has 7 heteroatoms. The number of benzene rings is 2. The molecule has 0 radical (unpaired) electrons. The second kappa shape index (κ2) is 9.75. The molecule has 0 spiro atoms. The summed E-state index contributed by atoms with van der Waals surface area (Å²) in [5.74, 6) is 0.755. The summed E-state index contributed by atoms with van der Waals surface area (Å²) in [6.07, 6.45) is 1.06. The zero-order valence-corrected chi connectivity index (χ0v) is 18.3. The highest BCUT2D eigenvalue weighted by Gasteiger charge is 2.26. The number of nitrogens with zero attached hydrogens (tertiary/aromatic N) is 3. The molecule has 1 aromatic heterocycles. The molecule has 0 aliphatic carbocycles. The van der Waals surface area contributed by atoms with E-state index in [0.717, 1.165) is 22.7 Å². The lowest BCUT2D eigenvalue weighted by atomic mass is 10.1. The van der Waals surface area contributed by atoms with Gasteiger partial charge in [-0.25, -0.2) is 4.98 Å². The molecule has 3 aromatic rings. The van der Waals surface area contributed by atoms with Crippen LogP contribution in [0.2, 0.25) is 0 Å². The zero-order valence-electron chi connectivity index (χ0n) is 17.5. The largest absolute Gasteiger partial charge is 0.497 e. The lowest BCUT2D eigenvalue weighted by Crippen LogP contribution is -2.51. The molecule has 1 saturated heterocycles. The first kappa shape index (κ1) is 21.1. The fraction of sp³-hybridized carbons (Fsp3) is 0.292. The Kier molecular flexibility index (Phi) is 6.62. The molecule has 2 heterocycles. The predicted molar refractivity (Wildman–Crippen MR) is 121 cm³/mol. The van der Waals surface area contributed by atoms with Crippen molar-refractivity contribution >= 4 is 23.2 Å². The standard InChI is InChI=1S/C24H25N3O3S/c1-30-20-9-5-8-19(14-20)16-23(28)26-10-12-27(13-11-26)24(29)21-17-31-22(25-21)15-18-6-3-2-4-7-18/h2-9,14,17H,10-13,15-16H2,1H3. The summed E-state index contributed by atoms with van der Waals surface area (Å²) in [6.45, 7) is 2.12. The normalized spacial score (nSPS) is 13.8. The van der Waals surface area contributed by atoms with Crippen molar-refractivity contribution in [3.8, 4) is 5.75 Å². The highest BCUT2D eigenvalue weighted by molar-refractivity contribution is 7.09. The van der Waals surface area contributed by atoms with Crippen LogP contribution in [0.4, 0.5) is 0 Å². The maximum Gasteiger partial charge on any atom is 0.273 e. The summed E-state index contributed by atoms with van der Waals surface area (Å²) in [5, 5.41) is 2.77. The number of aromatic nitrogens is 1. The summed E-state index contributed by atoms with van der Waals surface area (Å²) < 4.78 is 5.23. The van der Waals surface area contributed by atoms with Crippen molar-refractivity contribution in [2.24, 2.45) is 0 Å². The number of rotatable bonds is 6. The average Bonchev–Trinajstić information content (AvgIpc) is 3.28. The van der Waals surface area contributed by atoms with Crippen molar-refractivity contribution in [3.63, 3.8) is 0 Å². The third-order valence-electron chi connectivity index (χ3n) is 5.38. The van der Waals surface area contributed by atoms with Gasteiger partial charge in [-0.2, -0.15) is 0 Å². The predicted octanol–water partition coefficient (Wildman–Crippen LogP) is 3.27. The van der Waals surface area contributed by atoms with Gasteiger partial charge in [-0.1, -0.05) is 42.5 Å². The van der Waals surface area contributed by atoms with Gasteiger partial charge in [-0.3, -0.25) is 9.59 Å². The van der Waals surface area contributed by atoms with Gasteiger partial charge in [0.2, 0.25) is 5.91 Å². The summed E-state index contributed by atoms with van der Waals surface area (Å²) in [6, 6.07) is 17.7. The SMILES string of the molecule is COc1cccc(CC(=O)N2CCN(C(=O)c3csc(Cc4ccccc4)n3)CC2)c1. The Morgan fingerprint density at radius 1 is 0.968 bits per heavy atom. The third-order valence-corrected chi connectivity index (χ3v) is 6.23. The molecular weight excluding hydrogens is 410 g/mol. The van der Waals surface area contributed by atoms with E-state index in [9.17, 15) is 9.59 Å². The Labute approximate surface area is 186 Å². The van der Waals surface area contributed by atoms with Crippen molar-refractivity contribution in [1.82, 2.24) is 14.8 Å². The molecule has 1 aliphatic rings. The van der Waals surface area contributed by atoms with Gasteiger partial charge in [0.15, 0.2) is 0 Å². The van der Waals surface area contributed by atoms with Gasteiger partial charge >= 0.3 is 0 Å². The molecule has 31 heavy (non-hydrogen) atoms. The van der Waals surface area contributed by atoms with E-state index in [-0.39, 0.29) is 11.8 Å². The molecule has 2 amide bonds. The van der Waals surface area contributed by atoms with Crippen LogP contribution in [0, 0.1) is 0 Å². The minimum atomic E-state index is -0.0598. The van der Waals surface area contributed by atoms with E-state index in [1.165, 1.54) is 16.9 Å². The van der Waals surface area contributed by atoms with Crippen molar-refractivity contribution in [2.75, 3.05) is 33.3 Å². The molecular formula is C24H25N3O3S. The number of carbonyl (C=O) groups is 2. The number of hydrogen-bond donors (Lipinski definition) is 0. The van der Waals surface area contributed by atoms with Crippen LogP contribution in [0.15, 0.2) is 60.0 Å². The van der Waals surface area contributed by atoms with Crippen LogP contribution in [-0.4, -0.2) is 59.9 Å². The lowest BCUT2D eigenvalue weighted by Gasteiger charge is -2.34. The Morgan fingerprint density at radius 3 is 2.42 bits per heavy atom. The smallest absolute Gasteiger partial charge is 0.273 e. The second-order valence-electron chi connectivity index (χ2n) is 7.49. The van der Waals surface area contributed by atoms with Gasteiger partial charge in [0.25, 0.3) is 5.91 Å². The summed E-state index contributed by atoms with van der Waals surface area (Å²) >= 11 is 1.51. The lowest BCUT2D eigenvalue weighted by molar-refractivity contribution is -0.131. The first-order valence-electron chi connectivity index (χ1n) is 10.3. The zero-order chi connectivity index (χ0) is 21.6. The second-order valence-corrected chi connectivity index (χ2v) is 8.43. The number of hydrogen-bond acceptors (Lipinski definition) is 5. The van der Waals surface area contributed by atoms with E-state index in [2.05, 4.69) is 17.1 Å². The van der Waals surface area contributed by atoms with Crippen LogP contribution in [-0.2, 0) is 17.6 Å². The van der Waals surface area contributed by atoms with E-state index in [1.807, 2.05) is 52.7 Å². The van der Waals surface area contributed by atoms with Crippen LogP contribution in [0.25, 0.3) is 0 Å². The molecule has 0 atom stereocenters. The van der Waals surface area contributed by atoms with Crippen LogP contribution >= 0.6 is 11.3 Å². The maximum atomic E-state index is 12.9. The van der Waals surface area contributed by atoms with E-state index in [0.29, 0.717) is 38.3 Å². The van der Waals surface area contributed by atoms with E-state index in [4.69, 9.17) is 4.74 Å². The minimum absolute atomic E-state index is 0.0598. The first-order valence-corrected chi connectivity index (χ1v) is 11.2. The minimum Gasteiger partial charge on any atom is -0.497 e. The number of ether oxygens (including phenoxy) is 1. The Bertz CT molecular complexity index is 1040. The molecule has 160 valence electrons. The third kappa shape index (κ3) is 5.30. The molecule has 0 unspecified atom stereocenters. The molecule has 1 fully saturated rings. The van der Waals surface area contributed by atoms with Gasteiger partial charge in [0.1, 0.15) is 11.4 Å². The quantitative estimate of drug-likeness (QED) is 0.596. The van der Waals surface area contributed by atoms with Crippen LogP contribution < -0.4 is 4.74 Å². The van der Waals surface area contributed by atoms with Crippen molar-refractivity contribution in [2.45, 2.75) is 12.8 Å². The van der Waals surface area contributed by atoms with E-state index < -0.39 is 0 Å². The van der Waals surface area contributed by atoms with Gasteiger partial charge in [0.05, 0.1) is 18.5 Å². The van der Waals surface area contributed by atoms with Crippen LogP contribution in [0.3, 0.4) is 0 Å². The van der Waals surface area contributed by atoms with Crippen molar-refractivity contribution in [3.05, 3.63) is 81.8 Å². The van der Waals surface area contributed by atoms with E-state index >= 15 is 0 Å². The molecule has 0 bridgehead atoms. The van der Waals surface area contributed by atoms with Crippen molar-refractivity contribution in [1.29, 1.82) is 0 Å². The summed E-state index contributed by atoms with van der Waals surface area (Å²) in [5.41, 5.74) is 2.60. The fourth-order valence-corrected chi connectivity index (χ4v) is 4.45. The molecule has 0 N–H and O–H groups in total. The summed E-state index contributed by atoms with van der Waals surface area (Å²) in [4.78, 5) is 33.7. The number of piperazine rings is 1. The fourth-order valence-electron chi connectivity index (χ4n) is 3.65. The summed E-state index contributed by atoms with van der Waals surface area (Å²) in [7, 11) is 1.62. The molecule has 0 saturated carbocycles. The highest BCUT2D eigenvalue weighted by Crippen LogP contribution is 2.18. The monoisotopic (exact) mass is 435 g/mol. The average molecular weight is 436 g/mol. The highest BCUT2D eigenvalue weighted by atomic mass is 32.1. The molecule has 4 rings (SSSR count). The van der Waals surface area contributed by atoms with Crippen LogP contribution in [0.1, 0.15) is 26.6 Å².